The van der Waals surface area contributed by atoms with E-state index in [1.165, 1.54) is 0 Å². The van der Waals surface area contributed by atoms with Crippen LogP contribution in [0.25, 0.3) is 0 Å². The van der Waals surface area contributed by atoms with Crippen LogP contribution in [0.1, 0.15) is 28.4 Å². The molecule has 0 saturated carbocycles. The molecule has 0 spiro atoms. The Labute approximate surface area is 126 Å². The number of likely N-dealkylation sites (tertiary alicyclic amines) is 1. The van der Waals surface area contributed by atoms with Crippen molar-refractivity contribution in [1.29, 1.82) is 0 Å². The summed E-state index contributed by atoms with van der Waals surface area (Å²) in [6.07, 6.45) is 0. The second-order valence-electron chi connectivity index (χ2n) is 5.55. The molecule has 1 amide bonds. The lowest BCUT2D eigenvalue weighted by Crippen LogP contribution is -2.30. The molecule has 1 fully saturated rings. The van der Waals surface area contributed by atoms with Crippen molar-refractivity contribution in [3.05, 3.63) is 33.3 Å². The van der Waals surface area contributed by atoms with Crippen molar-refractivity contribution in [2.75, 3.05) is 13.1 Å². The molecule has 0 aromatic heterocycles. The molecule has 0 unspecified atom stereocenters. The van der Waals surface area contributed by atoms with E-state index in [9.17, 15) is 9.59 Å². The van der Waals surface area contributed by atoms with Crippen molar-refractivity contribution in [3.63, 3.8) is 0 Å². The molecule has 0 radical (unpaired) electrons. The van der Waals surface area contributed by atoms with Gasteiger partial charge in [0.15, 0.2) is 0 Å². The summed E-state index contributed by atoms with van der Waals surface area (Å²) in [5.41, 5.74) is 2.56. The summed E-state index contributed by atoms with van der Waals surface area (Å²) in [7, 11) is 0. The Hall–Kier alpha value is -1.36. The van der Waals surface area contributed by atoms with Gasteiger partial charge in [-0.05, 0) is 43.0 Å². The van der Waals surface area contributed by atoms with Gasteiger partial charge in [0.25, 0.3) is 5.91 Å². The minimum absolute atomic E-state index is 0.00620. The van der Waals surface area contributed by atoms with E-state index >= 15 is 0 Å². The molecule has 1 saturated heterocycles. The molecule has 1 N–H and O–H groups in total. The second kappa shape index (κ2) is 5.56. The summed E-state index contributed by atoms with van der Waals surface area (Å²) in [5, 5.41) is 9.14. The standard InChI is InChI=1S/C15H18BrNO3/c1-8-5-13(16)9(2)4-11(8)14(18)17-6-10(3)12(7-17)15(19)20/h4-5,10,12H,6-7H2,1-3H3,(H,19,20)/t10-,12-/m1/s1. The van der Waals surface area contributed by atoms with E-state index < -0.39 is 11.9 Å². The van der Waals surface area contributed by atoms with Gasteiger partial charge in [0.1, 0.15) is 0 Å². The molecule has 1 aromatic carbocycles. The maximum absolute atomic E-state index is 12.6. The number of hydrogen-bond acceptors (Lipinski definition) is 2. The van der Waals surface area contributed by atoms with Gasteiger partial charge in [-0.25, -0.2) is 0 Å². The second-order valence-corrected chi connectivity index (χ2v) is 6.40. The van der Waals surface area contributed by atoms with Crippen molar-refractivity contribution in [2.45, 2.75) is 20.8 Å². The summed E-state index contributed by atoms with van der Waals surface area (Å²) in [6, 6.07) is 3.79. The normalized spacial score (nSPS) is 22.1. The van der Waals surface area contributed by atoms with Crippen molar-refractivity contribution < 1.29 is 14.7 Å². The summed E-state index contributed by atoms with van der Waals surface area (Å²) >= 11 is 3.45. The summed E-state index contributed by atoms with van der Waals surface area (Å²) in [6.45, 7) is 6.51. The van der Waals surface area contributed by atoms with Crippen LogP contribution < -0.4 is 0 Å². The topological polar surface area (TPSA) is 57.6 Å². The number of carbonyl (C=O) groups excluding carboxylic acids is 1. The average molecular weight is 340 g/mol. The van der Waals surface area contributed by atoms with Crippen molar-refractivity contribution >= 4 is 27.8 Å². The Balaban J connectivity index is 2.25. The van der Waals surface area contributed by atoms with Crippen LogP contribution in [-0.4, -0.2) is 35.0 Å². The smallest absolute Gasteiger partial charge is 0.308 e. The highest BCUT2D eigenvalue weighted by molar-refractivity contribution is 9.10. The molecule has 1 aliphatic rings. The van der Waals surface area contributed by atoms with E-state index in [0.29, 0.717) is 18.7 Å². The first kappa shape index (κ1) is 15.0. The van der Waals surface area contributed by atoms with Crippen molar-refractivity contribution in [2.24, 2.45) is 11.8 Å². The molecule has 108 valence electrons. The number of rotatable bonds is 2. The van der Waals surface area contributed by atoms with Crippen LogP contribution in [0.2, 0.25) is 0 Å². The fourth-order valence-corrected chi connectivity index (χ4v) is 3.09. The van der Waals surface area contributed by atoms with E-state index in [1.54, 1.807) is 4.90 Å². The van der Waals surface area contributed by atoms with Gasteiger partial charge in [0.2, 0.25) is 0 Å². The van der Waals surface area contributed by atoms with Gasteiger partial charge in [0.05, 0.1) is 5.92 Å². The number of carbonyl (C=O) groups is 2. The number of benzene rings is 1. The summed E-state index contributed by atoms with van der Waals surface area (Å²) in [4.78, 5) is 25.4. The summed E-state index contributed by atoms with van der Waals surface area (Å²) < 4.78 is 0.977. The van der Waals surface area contributed by atoms with E-state index in [4.69, 9.17) is 5.11 Å². The first-order valence-electron chi connectivity index (χ1n) is 6.60. The van der Waals surface area contributed by atoms with Gasteiger partial charge in [-0.3, -0.25) is 9.59 Å². The highest BCUT2D eigenvalue weighted by Gasteiger charge is 2.37. The predicted molar refractivity (Wildman–Crippen MR) is 79.8 cm³/mol. The molecular formula is C15H18BrNO3. The third-order valence-corrected chi connectivity index (χ3v) is 4.81. The Morgan fingerprint density at radius 3 is 2.45 bits per heavy atom. The molecule has 0 aliphatic carbocycles. The number of carboxylic acids is 1. The van der Waals surface area contributed by atoms with Crippen molar-refractivity contribution in [1.82, 2.24) is 4.90 Å². The number of nitrogens with zero attached hydrogens (tertiary/aromatic N) is 1. The van der Waals surface area contributed by atoms with Crippen LogP contribution in [0.4, 0.5) is 0 Å². The zero-order chi connectivity index (χ0) is 15.0. The molecule has 5 heteroatoms. The summed E-state index contributed by atoms with van der Waals surface area (Å²) in [5.74, 6) is -1.37. The molecule has 20 heavy (non-hydrogen) atoms. The minimum atomic E-state index is -0.823. The third kappa shape index (κ3) is 2.73. The highest BCUT2D eigenvalue weighted by Crippen LogP contribution is 2.27. The van der Waals surface area contributed by atoms with Crippen LogP contribution >= 0.6 is 15.9 Å². The number of carboxylic acid groups (broad SMARTS) is 1. The maximum Gasteiger partial charge on any atom is 0.308 e. The Bertz CT molecular complexity index is 570. The Kier molecular flexibility index (Phi) is 4.18. The number of amides is 1. The molecule has 0 bridgehead atoms. The zero-order valence-corrected chi connectivity index (χ0v) is 13.4. The van der Waals surface area contributed by atoms with Gasteiger partial charge in [-0.15, -0.1) is 0 Å². The Morgan fingerprint density at radius 2 is 1.90 bits per heavy atom. The quantitative estimate of drug-likeness (QED) is 0.901. The predicted octanol–water partition coefficient (Wildman–Crippen LogP) is 2.86. The lowest BCUT2D eigenvalue weighted by atomic mass is 9.99. The van der Waals surface area contributed by atoms with Gasteiger partial charge in [-0.2, -0.15) is 0 Å². The van der Waals surface area contributed by atoms with Gasteiger partial charge >= 0.3 is 5.97 Å². The molecular weight excluding hydrogens is 322 g/mol. The van der Waals surface area contributed by atoms with E-state index in [0.717, 1.165) is 15.6 Å². The molecule has 1 heterocycles. The van der Waals surface area contributed by atoms with Crippen LogP contribution in [0.15, 0.2) is 16.6 Å². The number of aliphatic carboxylic acids is 1. The zero-order valence-electron chi connectivity index (χ0n) is 11.8. The van der Waals surface area contributed by atoms with Crippen molar-refractivity contribution in [3.8, 4) is 0 Å². The van der Waals surface area contributed by atoms with E-state index in [1.807, 2.05) is 32.9 Å². The molecule has 1 aliphatic heterocycles. The molecule has 2 atom stereocenters. The van der Waals surface area contributed by atoms with Crippen LogP contribution in [-0.2, 0) is 4.79 Å². The highest BCUT2D eigenvalue weighted by atomic mass is 79.9. The van der Waals surface area contributed by atoms with Gasteiger partial charge in [0, 0.05) is 23.1 Å². The largest absolute Gasteiger partial charge is 0.481 e. The first-order chi connectivity index (χ1) is 9.31. The van der Waals surface area contributed by atoms with E-state index in [-0.39, 0.29) is 11.8 Å². The lowest BCUT2D eigenvalue weighted by Gasteiger charge is -2.18. The number of aryl methyl sites for hydroxylation is 2. The van der Waals surface area contributed by atoms with E-state index in [2.05, 4.69) is 15.9 Å². The molecule has 4 nitrogen and oxygen atoms in total. The monoisotopic (exact) mass is 339 g/mol. The SMILES string of the molecule is Cc1cc(C(=O)N2C[C@@H](C)[C@H](C(=O)O)C2)c(C)cc1Br. The van der Waals surface area contributed by atoms with Crippen LogP contribution in [0.5, 0.6) is 0 Å². The van der Waals surface area contributed by atoms with Crippen LogP contribution in [0, 0.1) is 25.7 Å². The van der Waals surface area contributed by atoms with Gasteiger partial charge in [-0.1, -0.05) is 22.9 Å². The Morgan fingerprint density at radius 1 is 1.25 bits per heavy atom. The minimum Gasteiger partial charge on any atom is -0.481 e. The fourth-order valence-electron chi connectivity index (χ4n) is 2.64. The average Bonchev–Trinajstić information content (AvgIpc) is 2.75. The van der Waals surface area contributed by atoms with Crippen LogP contribution in [0.3, 0.4) is 0 Å². The third-order valence-electron chi connectivity index (χ3n) is 3.95. The fraction of sp³-hybridized carbons (Fsp3) is 0.467. The number of halogens is 1. The lowest BCUT2D eigenvalue weighted by molar-refractivity contribution is -0.142. The molecule has 2 rings (SSSR count). The molecule has 1 aromatic rings. The first-order valence-corrected chi connectivity index (χ1v) is 7.39. The number of hydrogen-bond donors (Lipinski definition) is 1. The van der Waals surface area contributed by atoms with Gasteiger partial charge < -0.3 is 10.0 Å². The maximum atomic E-state index is 12.6.